The van der Waals surface area contributed by atoms with Crippen LogP contribution in [0.2, 0.25) is 0 Å². The lowest BCUT2D eigenvalue weighted by molar-refractivity contribution is -0.0280. The summed E-state index contributed by atoms with van der Waals surface area (Å²) in [6, 6.07) is 0.257. The molecule has 2 N–H and O–H groups in total. The zero-order chi connectivity index (χ0) is 13.0. The molecule has 102 valence electrons. The highest BCUT2D eigenvalue weighted by molar-refractivity contribution is 5.06. The molecule has 1 aliphatic carbocycles. The van der Waals surface area contributed by atoms with Crippen LogP contribution >= 0.6 is 0 Å². The molecule has 1 aromatic rings. The van der Waals surface area contributed by atoms with Gasteiger partial charge in [0.1, 0.15) is 0 Å². The highest BCUT2D eigenvalue weighted by Gasteiger charge is 2.30. The number of aromatic nitrogens is 2. The van der Waals surface area contributed by atoms with Crippen molar-refractivity contribution in [1.82, 2.24) is 9.78 Å². The van der Waals surface area contributed by atoms with E-state index < -0.39 is 0 Å². The van der Waals surface area contributed by atoms with Gasteiger partial charge >= 0.3 is 0 Å². The minimum absolute atomic E-state index is 0.257. The summed E-state index contributed by atoms with van der Waals surface area (Å²) in [6.45, 7) is 5.91. The molecule has 1 aliphatic rings. The van der Waals surface area contributed by atoms with E-state index in [-0.39, 0.29) is 6.04 Å². The Labute approximate surface area is 110 Å². The van der Waals surface area contributed by atoms with Gasteiger partial charge in [0.15, 0.2) is 0 Å². The maximum absolute atomic E-state index is 6.21. The molecule has 1 heterocycles. The first kappa shape index (κ1) is 13.6. The second-order valence-electron chi connectivity index (χ2n) is 5.32. The second-order valence-corrected chi connectivity index (χ2v) is 5.32. The van der Waals surface area contributed by atoms with Gasteiger partial charge in [-0.3, -0.25) is 4.68 Å². The molecule has 0 aromatic carbocycles. The van der Waals surface area contributed by atoms with Crippen LogP contribution in [0.5, 0.6) is 0 Å². The van der Waals surface area contributed by atoms with E-state index in [1.54, 1.807) is 0 Å². The van der Waals surface area contributed by atoms with E-state index in [1.807, 2.05) is 10.9 Å². The Morgan fingerprint density at radius 1 is 1.50 bits per heavy atom. The van der Waals surface area contributed by atoms with Crippen molar-refractivity contribution in [2.45, 2.75) is 58.2 Å². The molecule has 0 spiro atoms. The van der Waals surface area contributed by atoms with Crippen molar-refractivity contribution < 1.29 is 4.74 Å². The lowest BCUT2D eigenvalue weighted by atomic mass is 9.77. The molecule has 0 bridgehead atoms. The molecule has 2 rings (SSSR count). The van der Waals surface area contributed by atoms with Crippen molar-refractivity contribution >= 4 is 0 Å². The van der Waals surface area contributed by atoms with E-state index in [9.17, 15) is 0 Å². The Hall–Kier alpha value is -0.870. The molecular weight excluding hydrogens is 226 g/mol. The fourth-order valence-electron chi connectivity index (χ4n) is 2.74. The molecule has 0 aliphatic heterocycles. The van der Waals surface area contributed by atoms with Crippen LogP contribution in [-0.2, 0) is 17.7 Å². The molecule has 0 amide bonds. The summed E-state index contributed by atoms with van der Waals surface area (Å²) in [6.07, 6.45) is 8.97. The molecule has 4 heteroatoms. The zero-order valence-corrected chi connectivity index (χ0v) is 11.5. The highest BCUT2D eigenvalue weighted by atomic mass is 16.5. The molecule has 1 aromatic heterocycles. The number of hydrogen-bond acceptors (Lipinski definition) is 3. The van der Waals surface area contributed by atoms with E-state index >= 15 is 0 Å². The van der Waals surface area contributed by atoms with Crippen molar-refractivity contribution in [2.24, 2.45) is 11.7 Å². The maximum Gasteiger partial charge on any atom is 0.0580 e. The highest BCUT2D eigenvalue weighted by Crippen LogP contribution is 2.33. The monoisotopic (exact) mass is 251 g/mol. The van der Waals surface area contributed by atoms with E-state index in [1.165, 1.54) is 18.4 Å². The van der Waals surface area contributed by atoms with Gasteiger partial charge in [-0.2, -0.15) is 5.10 Å². The largest absolute Gasteiger partial charge is 0.378 e. The Balaban J connectivity index is 1.68. The average Bonchev–Trinajstić information content (AvgIpc) is 2.74. The van der Waals surface area contributed by atoms with Crippen LogP contribution in [0.4, 0.5) is 0 Å². The summed E-state index contributed by atoms with van der Waals surface area (Å²) in [5, 5.41) is 4.28. The fraction of sp³-hybridized carbons (Fsp3) is 0.786. The Kier molecular flexibility index (Phi) is 4.78. The molecule has 0 radical (unpaired) electrons. The third kappa shape index (κ3) is 3.56. The van der Waals surface area contributed by atoms with Crippen LogP contribution in [0.3, 0.4) is 0 Å². The average molecular weight is 251 g/mol. The minimum atomic E-state index is 0.257. The summed E-state index contributed by atoms with van der Waals surface area (Å²) in [4.78, 5) is 0. The van der Waals surface area contributed by atoms with Crippen molar-refractivity contribution in [3.8, 4) is 0 Å². The van der Waals surface area contributed by atoms with Gasteiger partial charge in [0, 0.05) is 25.4 Å². The summed E-state index contributed by atoms with van der Waals surface area (Å²) < 4.78 is 7.53. The Bertz CT molecular complexity index is 358. The van der Waals surface area contributed by atoms with Gasteiger partial charge in [-0.1, -0.05) is 0 Å². The number of ether oxygens (including phenoxy) is 1. The number of nitrogens with zero attached hydrogens (tertiary/aromatic N) is 2. The topological polar surface area (TPSA) is 53.1 Å². The molecule has 1 fully saturated rings. The number of nitrogens with two attached hydrogens (primary N) is 1. The van der Waals surface area contributed by atoms with E-state index in [0.29, 0.717) is 6.10 Å². The number of rotatable bonds is 7. The summed E-state index contributed by atoms with van der Waals surface area (Å²) >= 11 is 0. The van der Waals surface area contributed by atoms with Gasteiger partial charge in [-0.05, 0) is 51.0 Å². The van der Waals surface area contributed by atoms with Gasteiger partial charge in [-0.25, -0.2) is 0 Å². The van der Waals surface area contributed by atoms with Gasteiger partial charge < -0.3 is 10.5 Å². The van der Waals surface area contributed by atoms with Gasteiger partial charge in [-0.15, -0.1) is 0 Å². The lowest BCUT2D eigenvalue weighted by Gasteiger charge is -2.36. The maximum atomic E-state index is 6.21. The Morgan fingerprint density at radius 2 is 2.28 bits per heavy atom. The minimum Gasteiger partial charge on any atom is -0.378 e. The summed E-state index contributed by atoms with van der Waals surface area (Å²) in [5.41, 5.74) is 7.46. The van der Waals surface area contributed by atoms with Crippen molar-refractivity contribution in [2.75, 3.05) is 6.61 Å². The van der Waals surface area contributed by atoms with Crippen LogP contribution in [0.15, 0.2) is 12.4 Å². The first-order valence-electron chi connectivity index (χ1n) is 7.09. The molecule has 1 atom stereocenters. The molecule has 0 saturated heterocycles. The van der Waals surface area contributed by atoms with Crippen molar-refractivity contribution in [3.05, 3.63) is 18.0 Å². The fourth-order valence-corrected chi connectivity index (χ4v) is 2.74. The molecular formula is C14H25N3O. The van der Waals surface area contributed by atoms with Crippen LogP contribution in [0.1, 0.15) is 38.7 Å². The number of aryl methyl sites for hydroxylation is 1. The van der Waals surface area contributed by atoms with Gasteiger partial charge in [0.25, 0.3) is 0 Å². The quantitative estimate of drug-likeness (QED) is 0.806. The van der Waals surface area contributed by atoms with Crippen LogP contribution in [-0.4, -0.2) is 28.5 Å². The first-order chi connectivity index (χ1) is 8.71. The van der Waals surface area contributed by atoms with E-state index in [0.717, 1.165) is 31.9 Å². The van der Waals surface area contributed by atoms with Gasteiger partial charge in [0.05, 0.1) is 12.3 Å². The Morgan fingerprint density at radius 3 is 2.89 bits per heavy atom. The van der Waals surface area contributed by atoms with Crippen LogP contribution < -0.4 is 5.73 Å². The summed E-state index contributed by atoms with van der Waals surface area (Å²) in [5.74, 6) is 0.762. The van der Waals surface area contributed by atoms with Gasteiger partial charge in [0.2, 0.25) is 0 Å². The van der Waals surface area contributed by atoms with Crippen LogP contribution in [0, 0.1) is 5.92 Å². The standard InChI is InChI=1S/C14H25N3O/c1-3-17-10-12(9-16-17)6-13(15)5-11-7-14(8-11)18-4-2/h9-11,13-14H,3-8,15H2,1-2H3. The summed E-state index contributed by atoms with van der Waals surface area (Å²) in [7, 11) is 0. The van der Waals surface area contributed by atoms with E-state index in [2.05, 4.69) is 25.1 Å². The first-order valence-corrected chi connectivity index (χ1v) is 7.09. The second kappa shape index (κ2) is 6.34. The molecule has 18 heavy (non-hydrogen) atoms. The zero-order valence-electron chi connectivity index (χ0n) is 11.5. The SMILES string of the molecule is CCOC1CC(CC(N)Cc2cnn(CC)c2)C1. The van der Waals surface area contributed by atoms with Crippen molar-refractivity contribution in [1.29, 1.82) is 0 Å². The lowest BCUT2D eigenvalue weighted by Crippen LogP contribution is -2.36. The predicted octanol–water partition coefficient (Wildman–Crippen LogP) is 1.98. The number of hydrogen-bond donors (Lipinski definition) is 1. The van der Waals surface area contributed by atoms with Crippen molar-refractivity contribution in [3.63, 3.8) is 0 Å². The smallest absolute Gasteiger partial charge is 0.0580 e. The normalized spacial score (nSPS) is 24.8. The third-order valence-electron chi connectivity index (χ3n) is 3.74. The molecule has 1 unspecified atom stereocenters. The molecule has 4 nitrogen and oxygen atoms in total. The molecule has 1 saturated carbocycles. The van der Waals surface area contributed by atoms with E-state index in [4.69, 9.17) is 10.5 Å². The predicted molar refractivity (Wildman–Crippen MR) is 72.3 cm³/mol. The van der Waals surface area contributed by atoms with Crippen LogP contribution in [0.25, 0.3) is 0 Å². The third-order valence-corrected chi connectivity index (χ3v) is 3.74.